The Morgan fingerprint density at radius 2 is 1.39 bits per heavy atom. The van der Waals surface area contributed by atoms with Gasteiger partial charge in [-0.05, 0) is 53.7 Å². The zero-order valence-corrected chi connectivity index (χ0v) is 15.4. The van der Waals surface area contributed by atoms with Crippen molar-refractivity contribution in [1.29, 1.82) is 0 Å². The van der Waals surface area contributed by atoms with Crippen molar-refractivity contribution in [2.45, 2.75) is 52.7 Å². The van der Waals surface area contributed by atoms with Gasteiger partial charge in [0.05, 0.1) is 5.02 Å². The van der Waals surface area contributed by atoms with Gasteiger partial charge in [-0.2, -0.15) is 4.90 Å². The Hall–Kier alpha value is -1.53. The number of halogens is 2. The predicted octanol–water partition coefficient (Wildman–Crippen LogP) is 5.07. The van der Waals surface area contributed by atoms with E-state index < -0.39 is 23.4 Å². The summed E-state index contributed by atoms with van der Waals surface area (Å²) in [7, 11) is 0. The van der Waals surface area contributed by atoms with Gasteiger partial charge in [-0.25, -0.2) is 14.6 Å². The smallest absolute Gasteiger partial charge is 0.425 e. The van der Waals surface area contributed by atoms with Crippen molar-refractivity contribution in [3.05, 3.63) is 22.3 Å². The van der Waals surface area contributed by atoms with E-state index in [2.05, 4.69) is 4.98 Å². The van der Waals surface area contributed by atoms with Crippen LogP contribution in [-0.4, -0.2) is 28.4 Å². The van der Waals surface area contributed by atoms with Crippen molar-refractivity contribution in [2.75, 3.05) is 4.90 Å². The minimum Gasteiger partial charge on any atom is -0.443 e. The number of ether oxygens (including phenoxy) is 2. The number of hydrogen-bond acceptors (Lipinski definition) is 5. The molecule has 0 unspecified atom stereocenters. The number of carbonyl (C=O) groups is 2. The van der Waals surface area contributed by atoms with Crippen LogP contribution in [0.4, 0.5) is 15.4 Å². The maximum absolute atomic E-state index is 12.4. The average molecular weight is 363 g/mol. The Labute approximate surface area is 145 Å². The van der Waals surface area contributed by atoms with Crippen LogP contribution in [0.15, 0.2) is 12.1 Å². The summed E-state index contributed by atoms with van der Waals surface area (Å²) in [5.41, 5.74) is -1.63. The molecule has 0 saturated heterocycles. The van der Waals surface area contributed by atoms with Crippen molar-refractivity contribution >= 4 is 41.2 Å². The van der Waals surface area contributed by atoms with Gasteiger partial charge in [-0.1, -0.05) is 23.2 Å². The van der Waals surface area contributed by atoms with Crippen molar-refractivity contribution in [1.82, 2.24) is 4.98 Å². The summed E-state index contributed by atoms with van der Waals surface area (Å²) < 4.78 is 10.5. The highest BCUT2D eigenvalue weighted by molar-refractivity contribution is 6.35. The molecule has 0 fully saturated rings. The summed E-state index contributed by atoms with van der Waals surface area (Å²) in [5.74, 6) is -0.150. The number of carbonyl (C=O) groups excluding carboxylic acids is 2. The van der Waals surface area contributed by atoms with Crippen molar-refractivity contribution in [3.63, 3.8) is 0 Å². The topological polar surface area (TPSA) is 68.7 Å². The van der Waals surface area contributed by atoms with E-state index in [1.165, 1.54) is 12.1 Å². The van der Waals surface area contributed by atoms with Gasteiger partial charge in [0.15, 0.2) is 5.82 Å². The van der Waals surface area contributed by atoms with E-state index in [0.717, 1.165) is 0 Å². The molecular weight excluding hydrogens is 343 g/mol. The van der Waals surface area contributed by atoms with E-state index >= 15 is 0 Å². The van der Waals surface area contributed by atoms with Crippen LogP contribution in [0.1, 0.15) is 41.5 Å². The Morgan fingerprint density at radius 3 is 1.78 bits per heavy atom. The van der Waals surface area contributed by atoms with Crippen molar-refractivity contribution in [3.8, 4) is 0 Å². The summed E-state index contributed by atoms with van der Waals surface area (Å²) >= 11 is 11.9. The van der Waals surface area contributed by atoms with E-state index in [9.17, 15) is 9.59 Å². The summed E-state index contributed by atoms with van der Waals surface area (Å²) in [5, 5.41) is 0.132. The highest BCUT2D eigenvalue weighted by Gasteiger charge is 2.34. The first-order chi connectivity index (χ1) is 10.3. The lowest BCUT2D eigenvalue weighted by Crippen LogP contribution is -2.44. The zero-order chi connectivity index (χ0) is 18.0. The Kier molecular flexibility index (Phi) is 5.88. The number of amides is 2. The van der Waals surface area contributed by atoms with Crippen molar-refractivity contribution in [2.24, 2.45) is 0 Å². The molecule has 0 saturated carbocycles. The fourth-order valence-corrected chi connectivity index (χ4v) is 1.76. The third kappa shape index (κ3) is 6.23. The molecule has 0 spiro atoms. The van der Waals surface area contributed by atoms with Crippen LogP contribution in [0.2, 0.25) is 10.2 Å². The molecule has 0 radical (unpaired) electrons. The van der Waals surface area contributed by atoms with Crippen LogP contribution in [0, 0.1) is 0 Å². The van der Waals surface area contributed by atoms with Gasteiger partial charge in [-0.3, -0.25) is 0 Å². The molecule has 0 aliphatic heterocycles. The van der Waals surface area contributed by atoms with Gasteiger partial charge in [0.2, 0.25) is 0 Å². The molecule has 0 N–H and O–H groups in total. The number of imide groups is 1. The SMILES string of the molecule is CC(C)(C)OC(=O)N(C(=O)OC(C)(C)C)c1nc(Cl)ccc1Cl. The molecule has 2 amide bonds. The van der Waals surface area contributed by atoms with Crippen LogP contribution < -0.4 is 4.90 Å². The molecule has 0 aliphatic rings. The fourth-order valence-electron chi connectivity index (χ4n) is 1.43. The second-order valence-electron chi connectivity index (χ2n) is 6.74. The molecule has 8 heteroatoms. The quantitative estimate of drug-likeness (QED) is 0.652. The molecule has 0 bridgehead atoms. The van der Waals surface area contributed by atoms with Gasteiger partial charge < -0.3 is 9.47 Å². The minimum atomic E-state index is -0.955. The number of hydrogen-bond donors (Lipinski definition) is 0. The molecule has 0 aromatic carbocycles. The molecule has 1 aromatic heterocycles. The molecule has 0 atom stereocenters. The largest absolute Gasteiger partial charge is 0.443 e. The molecule has 128 valence electrons. The summed E-state index contributed by atoms with van der Waals surface area (Å²) in [6, 6.07) is 2.86. The van der Waals surface area contributed by atoms with Gasteiger partial charge >= 0.3 is 12.2 Å². The molecule has 23 heavy (non-hydrogen) atoms. The lowest BCUT2D eigenvalue weighted by atomic mass is 10.2. The summed E-state index contributed by atoms with van der Waals surface area (Å²) in [6.45, 7) is 10.0. The van der Waals surface area contributed by atoms with Gasteiger partial charge in [-0.15, -0.1) is 0 Å². The predicted molar refractivity (Wildman–Crippen MR) is 89.2 cm³/mol. The first kappa shape index (κ1) is 19.5. The normalized spacial score (nSPS) is 11.8. The third-order valence-corrected chi connectivity index (χ3v) is 2.66. The van der Waals surface area contributed by atoms with Gasteiger partial charge in [0.25, 0.3) is 0 Å². The van der Waals surface area contributed by atoms with E-state index in [1.54, 1.807) is 41.5 Å². The summed E-state index contributed by atoms with van der Waals surface area (Å²) in [6.07, 6.45) is -1.91. The zero-order valence-electron chi connectivity index (χ0n) is 13.9. The number of aromatic nitrogens is 1. The number of anilines is 1. The third-order valence-electron chi connectivity index (χ3n) is 2.16. The second kappa shape index (κ2) is 6.93. The standard InChI is InChI=1S/C15H20Cl2N2O4/c1-14(2,3)22-12(20)19(13(21)23-15(4,5)6)11-9(16)7-8-10(17)18-11/h7-8H,1-6H3. The molecule has 1 rings (SSSR count). The molecule has 0 aliphatic carbocycles. The van der Waals surface area contributed by atoms with Crippen molar-refractivity contribution < 1.29 is 19.1 Å². The number of nitrogens with zero attached hydrogens (tertiary/aromatic N) is 2. The van der Waals surface area contributed by atoms with Crippen LogP contribution in [0.25, 0.3) is 0 Å². The maximum atomic E-state index is 12.4. The van der Waals surface area contributed by atoms with E-state index in [1.807, 2.05) is 0 Å². The van der Waals surface area contributed by atoms with Crippen LogP contribution in [-0.2, 0) is 9.47 Å². The monoisotopic (exact) mass is 362 g/mol. The van der Waals surface area contributed by atoms with Gasteiger partial charge in [0.1, 0.15) is 16.4 Å². The Balaban J connectivity index is 3.28. The highest BCUT2D eigenvalue weighted by atomic mass is 35.5. The van der Waals surface area contributed by atoms with E-state index in [4.69, 9.17) is 32.7 Å². The number of rotatable bonds is 1. The molecule has 1 heterocycles. The molecule has 1 aromatic rings. The molecule has 6 nitrogen and oxygen atoms in total. The summed E-state index contributed by atoms with van der Waals surface area (Å²) in [4.78, 5) is 29.4. The lowest BCUT2D eigenvalue weighted by molar-refractivity contribution is 0.0429. The van der Waals surface area contributed by atoms with E-state index in [-0.39, 0.29) is 16.0 Å². The van der Waals surface area contributed by atoms with Crippen LogP contribution in [0.3, 0.4) is 0 Å². The van der Waals surface area contributed by atoms with Crippen LogP contribution in [0.5, 0.6) is 0 Å². The Bertz CT molecular complexity index is 578. The number of pyridine rings is 1. The average Bonchev–Trinajstić information content (AvgIpc) is 2.29. The second-order valence-corrected chi connectivity index (χ2v) is 7.53. The minimum absolute atomic E-state index is 0.0612. The molecular formula is C15H20Cl2N2O4. The first-order valence-corrected chi connectivity index (χ1v) is 7.64. The lowest BCUT2D eigenvalue weighted by Gasteiger charge is -2.28. The first-order valence-electron chi connectivity index (χ1n) is 6.88. The fraction of sp³-hybridized carbons (Fsp3) is 0.533. The van der Waals surface area contributed by atoms with Crippen LogP contribution >= 0.6 is 23.2 Å². The Morgan fingerprint density at radius 1 is 0.957 bits per heavy atom. The van der Waals surface area contributed by atoms with E-state index in [0.29, 0.717) is 4.90 Å². The van der Waals surface area contributed by atoms with Gasteiger partial charge in [0, 0.05) is 0 Å². The maximum Gasteiger partial charge on any atom is 0.425 e. The highest BCUT2D eigenvalue weighted by Crippen LogP contribution is 2.28.